The Morgan fingerprint density at radius 2 is 1.84 bits per heavy atom. The van der Waals surface area contributed by atoms with Crippen molar-refractivity contribution < 1.29 is 4.79 Å². The summed E-state index contributed by atoms with van der Waals surface area (Å²) in [6.07, 6.45) is 3.67. The molecule has 1 atom stereocenters. The molecule has 1 aromatic heterocycles. The second-order valence-electron chi connectivity index (χ2n) is 8.79. The number of aldehydes is 1. The summed E-state index contributed by atoms with van der Waals surface area (Å²) in [7, 11) is 0. The van der Waals surface area contributed by atoms with Crippen molar-refractivity contribution in [2.24, 2.45) is 11.1 Å². The zero-order valence-corrected chi connectivity index (χ0v) is 19.3. The number of benzene rings is 2. The Bertz CT molecular complexity index is 1200. The number of nitrogens with zero attached hydrogens (tertiary/aromatic N) is 3. The summed E-state index contributed by atoms with van der Waals surface area (Å²) in [4.78, 5) is 23.5. The van der Waals surface area contributed by atoms with Crippen molar-refractivity contribution in [1.29, 1.82) is 0 Å². The van der Waals surface area contributed by atoms with Gasteiger partial charge in [0.2, 0.25) is 0 Å². The van der Waals surface area contributed by atoms with Crippen molar-refractivity contribution in [3.05, 3.63) is 75.0 Å². The van der Waals surface area contributed by atoms with Gasteiger partial charge >= 0.3 is 0 Å². The quantitative estimate of drug-likeness (QED) is 0.522. The summed E-state index contributed by atoms with van der Waals surface area (Å²) >= 11 is 12.6. The van der Waals surface area contributed by atoms with Gasteiger partial charge in [0.1, 0.15) is 5.69 Å². The van der Waals surface area contributed by atoms with Crippen LogP contribution < -0.4 is 10.6 Å². The zero-order valence-electron chi connectivity index (χ0n) is 17.8. The standard InChI is InChI=1S/C25H24Cl2N4O/c1-15-22(18-7-4-8-19(26)21(18)27)30-20(14-32)24(29-15)31-11-9-25(10-12-31)13-16-5-2-3-6-17(16)23(25)28/h2-8,14,23H,9-13,28H2,1H3/t23-/m1/s1. The predicted molar refractivity (Wildman–Crippen MR) is 129 cm³/mol. The van der Waals surface area contributed by atoms with E-state index < -0.39 is 0 Å². The first kappa shape index (κ1) is 21.4. The Kier molecular flexibility index (Phi) is 5.44. The first-order valence-electron chi connectivity index (χ1n) is 10.8. The minimum absolute atomic E-state index is 0.0477. The van der Waals surface area contributed by atoms with E-state index in [1.807, 2.05) is 19.1 Å². The summed E-state index contributed by atoms with van der Waals surface area (Å²) < 4.78 is 0. The maximum Gasteiger partial charge on any atom is 0.172 e. The Morgan fingerprint density at radius 3 is 2.56 bits per heavy atom. The number of nitrogens with two attached hydrogens (primary N) is 1. The molecule has 32 heavy (non-hydrogen) atoms. The average Bonchev–Trinajstić information content (AvgIpc) is 3.07. The molecule has 5 nitrogen and oxygen atoms in total. The van der Waals surface area contributed by atoms with Gasteiger partial charge < -0.3 is 10.6 Å². The fourth-order valence-electron chi connectivity index (χ4n) is 5.24. The van der Waals surface area contributed by atoms with Crippen LogP contribution in [-0.2, 0) is 6.42 Å². The van der Waals surface area contributed by atoms with E-state index in [4.69, 9.17) is 33.9 Å². The molecule has 5 rings (SSSR count). The first-order chi connectivity index (χ1) is 15.4. The molecule has 0 saturated carbocycles. The lowest BCUT2D eigenvalue weighted by Crippen LogP contribution is -2.45. The molecule has 1 aliphatic heterocycles. The Hall–Kier alpha value is -2.47. The second-order valence-corrected chi connectivity index (χ2v) is 9.57. The second kappa shape index (κ2) is 8.14. The molecule has 2 aromatic carbocycles. The van der Waals surface area contributed by atoms with Crippen molar-refractivity contribution >= 4 is 35.3 Å². The monoisotopic (exact) mass is 466 g/mol. The van der Waals surface area contributed by atoms with Crippen LogP contribution in [0.2, 0.25) is 10.0 Å². The minimum Gasteiger partial charge on any atom is -0.355 e. The number of carbonyl (C=O) groups is 1. The van der Waals surface area contributed by atoms with Gasteiger partial charge in [0.25, 0.3) is 0 Å². The van der Waals surface area contributed by atoms with Crippen molar-refractivity contribution in [1.82, 2.24) is 9.97 Å². The molecule has 2 N–H and O–H groups in total. The fraction of sp³-hybridized carbons (Fsp3) is 0.320. The smallest absolute Gasteiger partial charge is 0.172 e. The van der Waals surface area contributed by atoms with Crippen LogP contribution >= 0.6 is 23.2 Å². The Morgan fingerprint density at radius 1 is 1.09 bits per heavy atom. The maximum atomic E-state index is 12.0. The van der Waals surface area contributed by atoms with E-state index in [9.17, 15) is 4.79 Å². The highest BCUT2D eigenvalue weighted by molar-refractivity contribution is 6.43. The molecule has 1 spiro atoms. The summed E-state index contributed by atoms with van der Waals surface area (Å²) in [5.41, 5.74) is 11.7. The number of piperidine rings is 1. The van der Waals surface area contributed by atoms with E-state index in [0.29, 0.717) is 38.5 Å². The summed E-state index contributed by atoms with van der Waals surface area (Å²) in [5, 5.41) is 0.850. The van der Waals surface area contributed by atoms with Crippen LogP contribution in [0.3, 0.4) is 0 Å². The number of hydrogen-bond donors (Lipinski definition) is 1. The highest BCUT2D eigenvalue weighted by Crippen LogP contribution is 2.51. The van der Waals surface area contributed by atoms with Crippen LogP contribution in [0.15, 0.2) is 42.5 Å². The summed E-state index contributed by atoms with van der Waals surface area (Å²) in [5.74, 6) is 0.623. The van der Waals surface area contributed by atoms with Gasteiger partial charge in [0, 0.05) is 24.7 Å². The van der Waals surface area contributed by atoms with Gasteiger partial charge in [0.05, 0.1) is 21.4 Å². The lowest BCUT2D eigenvalue weighted by molar-refractivity contribution is 0.111. The van der Waals surface area contributed by atoms with Gasteiger partial charge in [-0.25, -0.2) is 9.97 Å². The highest BCUT2D eigenvalue weighted by atomic mass is 35.5. The number of aromatic nitrogens is 2. The molecule has 7 heteroatoms. The number of hydrogen-bond acceptors (Lipinski definition) is 5. The average molecular weight is 467 g/mol. The molecular weight excluding hydrogens is 443 g/mol. The lowest BCUT2D eigenvalue weighted by Gasteiger charge is -2.42. The zero-order chi connectivity index (χ0) is 22.5. The third kappa shape index (κ3) is 3.40. The molecule has 3 aromatic rings. The number of carbonyl (C=O) groups excluding carboxylic acids is 1. The molecule has 2 aliphatic rings. The molecule has 0 amide bonds. The molecule has 2 heterocycles. The topological polar surface area (TPSA) is 72.1 Å². The maximum absolute atomic E-state index is 12.0. The number of fused-ring (bicyclic) bond motifs is 1. The Balaban J connectivity index is 1.43. The van der Waals surface area contributed by atoms with Crippen molar-refractivity contribution in [3.8, 4) is 11.3 Å². The number of rotatable bonds is 3. The van der Waals surface area contributed by atoms with Crippen LogP contribution in [0.25, 0.3) is 11.3 Å². The van der Waals surface area contributed by atoms with Gasteiger partial charge in [-0.15, -0.1) is 0 Å². The van der Waals surface area contributed by atoms with Crippen LogP contribution in [0, 0.1) is 12.3 Å². The van der Waals surface area contributed by atoms with Crippen LogP contribution in [-0.4, -0.2) is 29.3 Å². The van der Waals surface area contributed by atoms with E-state index >= 15 is 0 Å². The highest BCUT2D eigenvalue weighted by Gasteiger charge is 2.46. The summed E-state index contributed by atoms with van der Waals surface area (Å²) in [6, 6.07) is 13.9. The van der Waals surface area contributed by atoms with Crippen molar-refractivity contribution in [2.45, 2.75) is 32.2 Å². The number of anilines is 1. The van der Waals surface area contributed by atoms with Gasteiger partial charge in [0.15, 0.2) is 12.1 Å². The molecule has 164 valence electrons. The molecule has 1 aliphatic carbocycles. The van der Waals surface area contributed by atoms with Gasteiger partial charge in [-0.1, -0.05) is 59.6 Å². The third-order valence-corrected chi connectivity index (χ3v) is 7.87. The van der Waals surface area contributed by atoms with Crippen LogP contribution in [0.1, 0.15) is 46.2 Å². The van der Waals surface area contributed by atoms with Crippen molar-refractivity contribution in [3.63, 3.8) is 0 Å². The summed E-state index contributed by atoms with van der Waals surface area (Å²) in [6.45, 7) is 3.45. The largest absolute Gasteiger partial charge is 0.355 e. The lowest BCUT2D eigenvalue weighted by atomic mass is 9.73. The molecule has 0 bridgehead atoms. The van der Waals surface area contributed by atoms with Crippen LogP contribution in [0.4, 0.5) is 5.82 Å². The number of aryl methyl sites for hydroxylation is 1. The molecular formula is C25H24Cl2N4O. The van der Waals surface area contributed by atoms with E-state index in [0.717, 1.165) is 38.6 Å². The minimum atomic E-state index is 0.0477. The van der Waals surface area contributed by atoms with Gasteiger partial charge in [-0.2, -0.15) is 0 Å². The Labute approximate surface area is 197 Å². The van der Waals surface area contributed by atoms with Crippen LogP contribution in [0.5, 0.6) is 0 Å². The van der Waals surface area contributed by atoms with E-state index in [1.54, 1.807) is 6.07 Å². The van der Waals surface area contributed by atoms with Crippen molar-refractivity contribution in [2.75, 3.05) is 18.0 Å². The number of halogens is 2. The normalized spacial score (nSPS) is 19.2. The van der Waals surface area contributed by atoms with E-state index in [1.165, 1.54) is 11.1 Å². The predicted octanol–water partition coefficient (Wildman–Crippen LogP) is 5.41. The van der Waals surface area contributed by atoms with E-state index in [-0.39, 0.29) is 11.5 Å². The fourth-order valence-corrected chi connectivity index (χ4v) is 5.63. The molecule has 1 saturated heterocycles. The SMILES string of the molecule is Cc1nc(N2CCC3(CC2)Cc2ccccc2[C@H]3N)c(C=O)nc1-c1cccc(Cl)c1Cl. The van der Waals surface area contributed by atoms with Gasteiger partial charge in [-0.3, -0.25) is 4.79 Å². The van der Waals surface area contributed by atoms with E-state index in [2.05, 4.69) is 34.1 Å². The molecule has 1 fully saturated rings. The molecule has 0 radical (unpaired) electrons. The molecule has 0 unspecified atom stereocenters. The third-order valence-electron chi connectivity index (χ3n) is 7.05. The first-order valence-corrected chi connectivity index (χ1v) is 11.6. The van der Waals surface area contributed by atoms with Gasteiger partial charge in [-0.05, 0) is 48.8 Å².